The Morgan fingerprint density at radius 3 is 2.83 bits per heavy atom. The number of thiophene rings is 1. The molecule has 1 nitrogen and oxygen atoms in total. The smallest absolute Gasteiger partial charge is 0.0269 e. The molecule has 0 atom stereocenters. The van der Waals surface area contributed by atoms with Crippen molar-refractivity contribution in [1.82, 2.24) is 5.32 Å². The van der Waals surface area contributed by atoms with Crippen LogP contribution in [0.3, 0.4) is 0 Å². The molecule has 1 aliphatic heterocycles. The fourth-order valence-electron chi connectivity index (χ4n) is 1.47. The molecule has 0 unspecified atom stereocenters. The van der Waals surface area contributed by atoms with E-state index in [2.05, 4.69) is 28.9 Å². The van der Waals surface area contributed by atoms with Crippen molar-refractivity contribution in [3.05, 3.63) is 28.0 Å². The molecule has 0 radical (unpaired) electrons. The van der Waals surface area contributed by atoms with Crippen molar-refractivity contribution < 1.29 is 0 Å². The number of hydrogen-bond donors (Lipinski definition) is 1. The van der Waals surface area contributed by atoms with Gasteiger partial charge in [0.25, 0.3) is 0 Å². The van der Waals surface area contributed by atoms with Crippen molar-refractivity contribution in [1.29, 1.82) is 0 Å². The van der Waals surface area contributed by atoms with E-state index in [1.807, 2.05) is 11.3 Å². The number of nitrogens with one attached hydrogen (secondary N) is 1. The largest absolute Gasteiger partial charge is 0.316 e. The molecule has 1 saturated heterocycles. The van der Waals surface area contributed by atoms with Gasteiger partial charge in [-0.25, -0.2) is 0 Å². The Bertz CT molecular complexity index is 253. The Morgan fingerprint density at radius 1 is 1.33 bits per heavy atom. The van der Waals surface area contributed by atoms with Gasteiger partial charge in [-0.05, 0) is 43.5 Å². The molecule has 0 saturated carbocycles. The summed E-state index contributed by atoms with van der Waals surface area (Å²) in [5.74, 6) is 0. The Morgan fingerprint density at radius 2 is 2.17 bits per heavy atom. The molecule has 1 aromatic rings. The van der Waals surface area contributed by atoms with Crippen molar-refractivity contribution in [2.75, 3.05) is 13.1 Å². The zero-order chi connectivity index (χ0) is 8.23. The fourth-order valence-corrected chi connectivity index (χ4v) is 2.17. The van der Waals surface area contributed by atoms with Crippen molar-refractivity contribution in [3.8, 4) is 0 Å². The SMILES string of the molecule is C(=C1CCNCC1)c1cccs1. The number of piperidine rings is 1. The summed E-state index contributed by atoms with van der Waals surface area (Å²) in [5.41, 5.74) is 1.59. The molecule has 2 heterocycles. The van der Waals surface area contributed by atoms with Crippen LogP contribution >= 0.6 is 11.3 Å². The average Bonchev–Trinajstić information content (AvgIpc) is 2.59. The number of hydrogen-bond acceptors (Lipinski definition) is 2. The van der Waals surface area contributed by atoms with E-state index in [9.17, 15) is 0 Å². The lowest BCUT2D eigenvalue weighted by atomic mass is 10.1. The monoisotopic (exact) mass is 179 g/mol. The van der Waals surface area contributed by atoms with E-state index in [1.165, 1.54) is 17.7 Å². The molecule has 1 fully saturated rings. The van der Waals surface area contributed by atoms with Crippen molar-refractivity contribution >= 4 is 17.4 Å². The van der Waals surface area contributed by atoms with E-state index < -0.39 is 0 Å². The lowest BCUT2D eigenvalue weighted by Crippen LogP contribution is -2.22. The molecule has 1 aromatic heterocycles. The molecule has 2 heteroatoms. The van der Waals surface area contributed by atoms with E-state index in [0.29, 0.717) is 0 Å². The molecule has 0 amide bonds. The summed E-state index contributed by atoms with van der Waals surface area (Å²) < 4.78 is 0. The summed E-state index contributed by atoms with van der Waals surface area (Å²) in [7, 11) is 0. The average molecular weight is 179 g/mol. The second-order valence-electron chi connectivity index (χ2n) is 3.07. The summed E-state index contributed by atoms with van der Waals surface area (Å²) in [6, 6.07) is 4.29. The van der Waals surface area contributed by atoms with Gasteiger partial charge in [-0.2, -0.15) is 0 Å². The molecule has 0 aromatic carbocycles. The molecule has 0 bridgehead atoms. The van der Waals surface area contributed by atoms with Crippen LogP contribution in [-0.2, 0) is 0 Å². The fraction of sp³-hybridized carbons (Fsp3) is 0.400. The van der Waals surface area contributed by atoms with Gasteiger partial charge in [0.15, 0.2) is 0 Å². The first-order valence-corrected chi connectivity index (χ1v) is 5.27. The zero-order valence-corrected chi connectivity index (χ0v) is 7.86. The summed E-state index contributed by atoms with van der Waals surface area (Å²) in [5, 5.41) is 5.49. The Hall–Kier alpha value is -0.600. The number of rotatable bonds is 1. The van der Waals surface area contributed by atoms with Gasteiger partial charge in [-0.1, -0.05) is 11.6 Å². The van der Waals surface area contributed by atoms with Gasteiger partial charge in [0.05, 0.1) is 0 Å². The van der Waals surface area contributed by atoms with E-state index in [4.69, 9.17) is 0 Å². The Kier molecular flexibility index (Phi) is 2.59. The topological polar surface area (TPSA) is 12.0 Å². The van der Waals surface area contributed by atoms with Crippen molar-refractivity contribution in [3.63, 3.8) is 0 Å². The summed E-state index contributed by atoms with van der Waals surface area (Å²) >= 11 is 1.82. The maximum Gasteiger partial charge on any atom is 0.0269 e. The van der Waals surface area contributed by atoms with Crippen LogP contribution in [0, 0.1) is 0 Å². The van der Waals surface area contributed by atoms with Gasteiger partial charge < -0.3 is 5.32 Å². The predicted molar refractivity (Wildman–Crippen MR) is 54.4 cm³/mol. The molecule has 0 spiro atoms. The highest BCUT2D eigenvalue weighted by molar-refractivity contribution is 7.10. The van der Waals surface area contributed by atoms with Crippen molar-refractivity contribution in [2.24, 2.45) is 0 Å². The molecule has 1 aliphatic rings. The molecule has 0 aliphatic carbocycles. The third kappa shape index (κ3) is 1.96. The van der Waals surface area contributed by atoms with Crippen LogP contribution in [0.1, 0.15) is 17.7 Å². The first-order chi connectivity index (χ1) is 5.95. The van der Waals surface area contributed by atoms with Crippen LogP contribution in [0.5, 0.6) is 0 Å². The molecule has 1 N–H and O–H groups in total. The van der Waals surface area contributed by atoms with Gasteiger partial charge in [0, 0.05) is 4.88 Å². The molecule has 2 rings (SSSR count). The molecule has 12 heavy (non-hydrogen) atoms. The highest BCUT2D eigenvalue weighted by Gasteiger charge is 2.03. The van der Waals surface area contributed by atoms with Gasteiger partial charge in [-0.15, -0.1) is 11.3 Å². The standard InChI is InChI=1S/C10H13NS/c1-2-10(12-7-1)8-9-3-5-11-6-4-9/h1-2,7-8,11H,3-6H2. The Labute approximate surface area is 77.1 Å². The molecular formula is C10H13NS. The van der Waals surface area contributed by atoms with Crippen molar-refractivity contribution in [2.45, 2.75) is 12.8 Å². The normalized spacial score (nSPS) is 17.8. The summed E-state index contributed by atoms with van der Waals surface area (Å²) in [4.78, 5) is 1.40. The van der Waals surface area contributed by atoms with Gasteiger partial charge in [0.1, 0.15) is 0 Å². The highest BCUT2D eigenvalue weighted by Crippen LogP contribution is 2.18. The van der Waals surface area contributed by atoms with E-state index in [-0.39, 0.29) is 0 Å². The lowest BCUT2D eigenvalue weighted by molar-refractivity contribution is 0.613. The second-order valence-corrected chi connectivity index (χ2v) is 4.05. The summed E-state index contributed by atoms with van der Waals surface area (Å²) in [6.45, 7) is 2.30. The first kappa shape index (κ1) is 8.02. The van der Waals surface area contributed by atoms with Crippen LogP contribution in [0.4, 0.5) is 0 Å². The van der Waals surface area contributed by atoms with Crippen LogP contribution in [0.15, 0.2) is 23.1 Å². The van der Waals surface area contributed by atoms with Gasteiger partial charge in [0.2, 0.25) is 0 Å². The van der Waals surface area contributed by atoms with Crippen LogP contribution in [-0.4, -0.2) is 13.1 Å². The molecule has 64 valence electrons. The highest BCUT2D eigenvalue weighted by atomic mass is 32.1. The van der Waals surface area contributed by atoms with E-state index in [1.54, 1.807) is 5.57 Å². The minimum Gasteiger partial charge on any atom is -0.316 e. The quantitative estimate of drug-likeness (QED) is 0.698. The zero-order valence-electron chi connectivity index (χ0n) is 7.05. The van der Waals surface area contributed by atoms with Gasteiger partial charge in [-0.3, -0.25) is 0 Å². The molecular weight excluding hydrogens is 166 g/mol. The lowest BCUT2D eigenvalue weighted by Gasteiger charge is -2.14. The van der Waals surface area contributed by atoms with Crippen LogP contribution in [0.2, 0.25) is 0 Å². The minimum atomic E-state index is 1.15. The second kappa shape index (κ2) is 3.87. The maximum absolute atomic E-state index is 3.36. The third-order valence-corrected chi connectivity index (χ3v) is 2.95. The van der Waals surface area contributed by atoms with E-state index >= 15 is 0 Å². The summed E-state index contributed by atoms with van der Waals surface area (Å²) in [6.07, 6.45) is 4.78. The Balaban J connectivity index is 2.07. The van der Waals surface area contributed by atoms with Crippen LogP contribution in [0.25, 0.3) is 6.08 Å². The third-order valence-electron chi connectivity index (χ3n) is 2.14. The predicted octanol–water partition coefficient (Wildman–Crippen LogP) is 2.51. The van der Waals surface area contributed by atoms with Gasteiger partial charge >= 0.3 is 0 Å². The first-order valence-electron chi connectivity index (χ1n) is 4.39. The minimum absolute atomic E-state index is 1.15. The van der Waals surface area contributed by atoms with Crippen LogP contribution < -0.4 is 5.32 Å². The maximum atomic E-state index is 3.36. The van der Waals surface area contributed by atoms with E-state index in [0.717, 1.165) is 13.1 Å².